The number of carbonyl (C=O) groups excluding carboxylic acids is 1. The lowest BCUT2D eigenvalue weighted by atomic mass is 10.2. The topological polar surface area (TPSA) is 68.2 Å². The number of nitrogens with one attached hydrogen (secondary N) is 2. The van der Waals surface area contributed by atoms with Crippen LogP contribution in [0.2, 0.25) is 0 Å². The number of ether oxygens (including phenoxy) is 1. The maximum Gasteiger partial charge on any atom is 0.250 e. The zero-order chi connectivity index (χ0) is 15.2. The normalized spacial score (nSPS) is 10.4. The minimum atomic E-state index is -0.163. The molecule has 1 aromatic carbocycles. The Labute approximate surface area is 124 Å². The van der Waals surface area contributed by atoms with E-state index < -0.39 is 0 Å². The maximum absolute atomic E-state index is 11.4. The SMILES string of the molecule is COCC(=O)Nc1ccc(NCc2cn(C)nc2C)cc1. The summed E-state index contributed by atoms with van der Waals surface area (Å²) >= 11 is 0. The average Bonchev–Trinajstić information content (AvgIpc) is 2.76. The highest BCUT2D eigenvalue weighted by atomic mass is 16.5. The molecule has 0 saturated carbocycles. The minimum Gasteiger partial charge on any atom is -0.381 e. The van der Waals surface area contributed by atoms with Crippen LogP contribution < -0.4 is 10.6 Å². The fourth-order valence-corrected chi connectivity index (χ4v) is 2.02. The van der Waals surface area contributed by atoms with Gasteiger partial charge in [0.15, 0.2) is 0 Å². The molecule has 0 atom stereocenters. The number of methoxy groups -OCH3 is 1. The first kappa shape index (κ1) is 15.1. The fourth-order valence-electron chi connectivity index (χ4n) is 2.02. The number of benzene rings is 1. The molecule has 1 aromatic heterocycles. The van der Waals surface area contributed by atoms with Crippen molar-refractivity contribution in [1.82, 2.24) is 9.78 Å². The van der Waals surface area contributed by atoms with Gasteiger partial charge in [0.05, 0.1) is 5.69 Å². The fraction of sp³-hybridized carbons (Fsp3) is 0.333. The summed E-state index contributed by atoms with van der Waals surface area (Å²) in [5.41, 5.74) is 3.92. The summed E-state index contributed by atoms with van der Waals surface area (Å²) in [7, 11) is 3.40. The van der Waals surface area contributed by atoms with Crippen molar-refractivity contribution in [3.05, 3.63) is 41.7 Å². The van der Waals surface area contributed by atoms with Gasteiger partial charge in [-0.2, -0.15) is 5.10 Å². The van der Waals surface area contributed by atoms with E-state index in [2.05, 4.69) is 15.7 Å². The molecule has 6 nitrogen and oxygen atoms in total. The van der Waals surface area contributed by atoms with Crippen molar-refractivity contribution in [1.29, 1.82) is 0 Å². The first-order chi connectivity index (χ1) is 10.1. The standard InChI is InChI=1S/C15H20N4O2/c1-11-12(9-19(2)18-11)8-16-13-4-6-14(7-5-13)17-15(20)10-21-3/h4-7,9,16H,8,10H2,1-3H3,(H,17,20). The first-order valence-corrected chi connectivity index (χ1v) is 6.70. The molecular weight excluding hydrogens is 268 g/mol. The van der Waals surface area contributed by atoms with Gasteiger partial charge in [-0.1, -0.05) is 0 Å². The van der Waals surface area contributed by atoms with Gasteiger partial charge in [-0.15, -0.1) is 0 Å². The molecule has 0 unspecified atom stereocenters. The van der Waals surface area contributed by atoms with Crippen LogP contribution in [0.1, 0.15) is 11.3 Å². The highest BCUT2D eigenvalue weighted by Gasteiger charge is 2.04. The summed E-state index contributed by atoms with van der Waals surface area (Å²) < 4.78 is 6.57. The zero-order valence-electron chi connectivity index (χ0n) is 12.5. The Morgan fingerprint density at radius 3 is 2.52 bits per heavy atom. The summed E-state index contributed by atoms with van der Waals surface area (Å²) in [6, 6.07) is 7.56. The highest BCUT2D eigenvalue weighted by molar-refractivity contribution is 5.91. The van der Waals surface area contributed by atoms with E-state index in [4.69, 9.17) is 4.74 Å². The highest BCUT2D eigenvalue weighted by Crippen LogP contribution is 2.15. The third-order valence-electron chi connectivity index (χ3n) is 3.04. The molecule has 112 valence electrons. The van der Waals surface area contributed by atoms with Gasteiger partial charge in [0.25, 0.3) is 0 Å². The number of amides is 1. The van der Waals surface area contributed by atoms with Crippen molar-refractivity contribution in [3.63, 3.8) is 0 Å². The molecule has 1 amide bonds. The molecule has 0 bridgehead atoms. The zero-order valence-corrected chi connectivity index (χ0v) is 12.5. The van der Waals surface area contributed by atoms with Crippen LogP contribution in [-0.4, -0.2) is 29.4 Å². The van der Waals surface area contributed by atoms with Crippen LogP contribution in [0.15, 0.2) is 30.5 Å². The average molecular weight is 288 g/mol. The Kier molecular flexibility index (Phi) is 4.94. The summed E-state index contributed by atoms with van der Waals surface area (Å²) in [5, 5.41) is 10.4. The van der Waals surface area contributed by atoms with Crippen LogP contribution in [0.3, 0.4) is 0 Å². The summed E-state index contributed by atoms with van der Waals surface area (Å²) in [4.78, 5) is 11.4. The molecule has 0 saturated heterocycles. The van der Waals surface area contributed by atoms with Crippen molar-refractivity contribution in [2.45, 2.75) is 13.5 Å². The Morgan fingerprint density at radius 1 is 1.29 bits per heavy atom. The van der Waals surface area contributed by atoms with Crippen molar-refractivity contribution in [2.75, 3.05) is 24.4 Å². The number of nitrogens with zero attached hydrogens (tertiary/aromatic N) is 2. The molecule has 2 rings (SSSR count). The van der Waals surface area contributed by atoms with Crippen molar-refractivity contribution in [2.24, 2.45) is 7.05 Å². The minimum absolute atomic E-state index is 0.0558. The van der Waals surface area contributed by atoms with Crippen LogP contribution in [0, 0.1) is 6.92 Å². The number of aryl methyl sites for hydroxylation is 2. The molecule has 0 aliphatic heterocycles. The maximum atomic E-state index is 11.4. The van der Waals surface area contributed by atoms with Crippen molar-refractivity contribution < 1.29 is 9.53 Å². The second-order valence-corrected chi connectivity index (χ2v) is 4.83. The lowest BCUT2D eigenvalue weighted by Gasteiger charge is -2.08. The Bertz CT molecular complexity index is 605. The van der Waals surface area contributed by atoms with E-state index in [1.807, 2.05) is 44.4 Å². The van der Waals surface area contributed by atoms with E-state index in [1.165, 1.54) is 7.11 Å². The van der Waals surface area contributed by atoms with Crippen LogP contribution >= 0.6 is 0 Å². The summed E-state index contributed by atoms with van der Waals surface area (Å²) in [6.45, 7) is 2.76. The van der Waals surface area contributed by atoms with E-state index >= 15 is 0 Å². The van der Waals surface area contributed by atoms with Crippen LogP contribution in [-0.2, 0) is 23.1 Å². The predicted octanol–water partition coefficient (Wildman–Crippen LogP) is 1.93. The Balaban J connectivity index is 1.90. The second-order valence-electron chi connectivity index (χ2n) is 4.83. The number of anilines is 2. The van der Waals surface area contributed by atoms with Gasteiger partial charge in [0.2, 0.25) is 5.91 Å². The van der Waals surface area contributed by atoms with Gasteiger partial charge < -0.3 is 15.4 Å². The summed E-state index contributed by atoms with van der Waals surface area (Å²) in [6.07, 6.45) is 2.00. The molecule has 2 N–H and O–H groups in total. The van der Waals surface area contributed by atoms with Crippen molar-refractivity contribution in [3.8, 4) is 0 Å². The number of hydrogen-bond donors (Lipinski definition) is 2. The van der Waals surface area contributed by atoms with Gasteiger partial charge in [-0.25, -0.2) is 0 Å². The molecule has 0 spiro atoms. The third kappa shape index (κ3) is 4.32. The largest absolute Gasteiger partial charge is 0.381 e. The molecular formula is C15H20N4O2. The van der Waals surface area contributed by atoms with Gasteiger partial charge in [-0.05, 0) is 31.2 Å². The molecule has 2 aromatic rings. The van der Waals surface area contributed by atoms with Gasteiger partial charge in [0, 0.05) is 43.8 Å². The predicted molar refractivity (Wildman–Crippen MR) is 82.2 cm³/mol. The number of carbonyl (C=O) groups is 1. The molecule has 0 fully saturated rings. The Morgan fingerprint density at radius 2 is 1.95 bits per heavy atom. The van der Waals surface area contributed by atoms with E-state index in [0.29, 0.717) is 0 Å². The summed E-state index contributed by atoms with van der Waals surface area (Å²) in [5.74, 6) is -0.163. The molecule has 1 heterocycles. The molecule has 0 radical (unpaired) electrons. The van der Waals surface area contributed by atoms with Crippen molar-refractivity contribution >= 4 is 17.3 Å². The first-order valence-electron chi connectivity index (χ1n) is 6.70. The monoisotopic (exact) mass is 288 g/mol. The van der Waals surface area contributed by atoms with Crippen LogP contribution in [0.4, 0.5) is 11.4 Å². The lowest BCUT2D eigenvalue weighted by Crippen LogP contribution is -2.16. The second kappa shape index (κ2) is 6.90. The molecule has 0 aliphatic rings. The van der Waals surface area contributed by atoms with Gasteiger partial charge in [-0.3, -0.25) is 9.48 Å². The lowest BCUT2D eigenvalue weighted by molar-refractivity contribution is -0.119. The van der Waals surface area contributed by atoms with Crippen LogP contribution in [0.5, 0.6) is 0 Å². The molecule has 6 heteroatoms. The van der Waals surface area contributed by atoms with Gasteiger partial charge >= 0.3 is 0 Å². The molecule has 21 heavy (non-hydrogen) atoms. The van der Waals surface area contributed by atoms with E-state index in [1.54, 1.807) is 4.68 Å². The third-order valence-corrected chi connectivity index (χ3v) is 3.04. The van der Waals surface area contributed by atoms with E-state index in [9.17, 15) is 4.79 Å². The van der Waals surface area contributed by atoms with E-state index in [0.717, 1.165) is 29.2 Å². The number of hydrogen-bond acceptors (Lipinski definition) is 4. The van der Waals surface area contributed by atoms with Gasteiger partial charge in [0.1, 0.15) is 6.61 Å². The number of rotatable bonds is 6. The molecule has 0 aliphatic carbocycles. The number of aromatic nitrogens is 2. The van der Waals surface area contributed by atoms with Crippen LogP contribution in [0.25, 0.3) is 0 Å². The quantitative estimate of drug-likeness (QED) is 0.852. The smallest absolute Gasteiger partial charge is 0.250 e. The van der Waals surface area contributed by atoms with E-state index in [-0.39, 0.29) is 12.5 Å². The Hall–Kier alpha value is -2.34.